The molecule has 0 saturated heterocycles. The van der Waals surface area contributed by atoms with E-state index in [0.717, 1.165) is 23.4 Å². The third kappa shape index (κ3) is 4.18. The largest absolute Gasteiger partial charge is 0.497 e. The molecule has 0 spiro atoms. The van der Waals surface area contributed by atoms with Gasteiger partial charge in [-0.1, -0.05) is 0 Å². The number of carbonyl (C=O) groups excluding carboxylic acids is 1. The Morgan fingerprint density at radius 3 is 2.74 bits per heavy atom. The lowest BCUT2D eigenvalue weighted by Gasteiger charge is -2.01. The first-order valence-electron chi connectivity index (χ1n) is 7.15. The zero-order valence-corrected chi connectivity index (χ0v) is 14.2. The molecule has 1 aromatic carbocycles. The molecular weight excluding hydrogens is 328 g/mol. The highest BCUT2D eigenvalue weighted by molar-refractivity contribution is 7.14. The fourth-order valence-electron chi connectivity index (χ4n) is 2.10. The number of thiazole rings is 1. The number of aromatic nitrogens is 1. The molecule has 3 aromatic rings. The van der Waals surface area contributed by atoms with Crippen LogP contribution in [0.15, 0.2) is 46.5 Å². The Morgan fingerprint density at radius 1 is 1.22 bits per heavy atom. The van der Waals surface area contributed by atoms with E-state index in [4.69, 9.17) is 4.74 Å². The van der Waals surface area contributed by atoms with Crippen LogP contribution in [-0.4, -0.2) is 18.0 Å². The second kappa shape index (κ2) is 7.39. The van der Waals surface area contributed by atoms with E-state index in [-0.39, 0.29) is 5.91 Å². The van der Waals surface area contributed by atoms with Crippen molar-refractivity contribution in [2.75, 3.05) is 12.4 Å². The molecule has 1 N–H and O–H groups in total. The van der Waals surface area contributed by atoms with Crippen LogP contribution in [0.4, 0.5) is 5.13 Å². The molecule has 0 aliphatic rings. The summed E-state index contributed by atoms with van der Waals surface area (Å²) in [5.41, 5.74) is 3.05. The van der Waals surface area contributed by atoms with Gasteiger partial charge in [0.2, 0.25) is 5.91 Å². The number of hydrogen-bond acceptors (Lipinski definition) is 5. The summed E-state index contributed by atoms with van der Waals surface area (Å²) in [5, 5.41) is 9.53. The maximum absolute atomic E-state index is 12.0. The summed E-state index contributed by atoms with van der Waals surface area (Å²) in [6.45, 7) is 0. The minimum atomic E-state index is -0.00756. The summed E-state index contributed by atoms with van der Waals surface area (Å²) in [6, 6.07) is 9.75. The van der Waals surface area contributed by atoms with E-state index < -0.39 is 0 Å². The monoisotopic (exact) mass is 344 g/mol. The third-order valence-electron chi connectivity index (χ3n) is 3.36. The lowest BCUT2D eigenvalue weighted by Crippen LogP contribution is -2.11. The first-order chi connectivity index (χ1) is 11.2. The van der Waals surface area contributed by atoms with Crippen molar-refractivity contribution in [2.24, 2.45) is 0 Å². The van der Waals surface area contributed by atoms with E-state index in [2.05, 4.69) is 15.7 Å². The first-order valence-corrected chi connectivity index (χ1v) is 8.98. The number of aryl methyl sites for hydroxylation is 1. The predicted octanol–water partition coefficient (Wildman–Crippen LogP) is 4.45. The van der Waals surface area contributed by atoms with Crippen LogP contribution in [0.1, 0.15) is 12.0 Å². The molecule has 6 heteroatoms. The fourth-order valence-corrected chi connectivity index (χ4v) is 3.54. The highest BCUT2D eigenvalue weighted by Gasteiger charge is 2.08. The Balaban J connectivity index is 1.58. The van der Waals surface area contributed by atoms with E-state index in [1.807, 2.05) is 41.1 Å². The molecule has 2 aromatic heterocycles. The van der Waals surface area contributed by atoms with Crippen molar-refractivity contribution in [3.8, 4) is 17.0 Å². The molecule has 0 fully saturated rings. The fraction of sp³-hybridized carbons (Fsp3) is 0.176. The second-order valence-corrected chi connectivity index (χ2v) is 6.58. The minimum absolute atomic E-state index is 0.00756. The van der Waals surface area contributed by atoms with Crippen LogP contribution in [0.25, 0.3) is 11.3 Å². The van der Waals surface area contributed by atoms with Gasteiger partial charge in [0.1, 0.15) is 5.75 Å². The molecule has 2 heterocycles. The molecular formula is C17H16N2O2S2. The summed E-state index contributed by atoms with van der Waals surface area (Å²) in [6.07, 6.45) is 1.22. The van der Waals surface area contributed by atoms with Crippen LogP contribution in [0.5, 0.6) is 5.75 Å². The first kappa shape index (κ1) is 15.7. The number of methoxy groups -OCH3 is 1. The van der Waals surface area contributed by atoms with Gasteiger partial charge in [-0.25, -0.2) is 4.98 Å². The number of ether oxygens (including phenoxy) is 1. The number of benzene rings is 1. The summed E-state index contributed by atoms with van der Waals surface area (Å²) >= 11 is 3.08. The van der Waals surface area contributed by atoms with Crippen molar-refractivity contribution in [1.82, 2.24) is 4.98 Å². The zero-order chi connectivity index (χ0) is 16.1. The molecule has 0 aliphatic carbocycles. The Bertz CT molecular complexity index is 764. The van der Waals surface area contributed by atoms with Crippen LogP contribution in [0, 0.1) is 0 Å². The van der Waals surface area contributed by atoms with Gasteiger partial charge in [-0.2, -0.15) is 11.3 Å². The Labute approximate surface area is 142 Å². The highest BCUT2D eigenvalue weighted by atomic mass is 32.1. The van der Waals surface area contributed by atoms with Crippen molar-refractivity contribution in [2.45, 2.75) is 12.8 Å². The average Bonchev–Trinajstić information content (AvgIpc) is 3.25. The van der Waals surface area contributed by atoms with Crippen molar-refractivity contribution in [3.05, 3.63) is 52.0 Å². The number of hydrogen-bond donors (Lipinski definition) is 1. The van der Waals surface area contributed by atoms with E-state index >= 15 is 0 Å². The predicted molar refractivity (Wildman–Crippen MR) is 95.4 cm³/mol. The van der Waals surface area contributed by atoms with Gasteiger partial charge < -0.3 is 10.1 Å². The Kier molecular flexibility index (Phi) is 5.05. The molecule has 0 bridgehead atoms. The molecule has 4 nitrogen and oxygen atoms in total. The average molecular weight is 344 g/mol. The summed E-state index contributed by atoms with van der Waals surface area (Å²) in [7, 11) is 1.64. The lowest BCUT2D eigenvalue weighted by atomic mass is 10.2. The quantitative estimate of drug-likeness (QED) is 0.719. The van der Waals surface area contributed by atoms with Crippen molar-refractivity contribution in [1.29, 1.82) is 0 Å². The number of anilines is 1. The minimum Gasteiger partial charge on any atom is -0.497 e. The summed E-state index contributed by atoms with van der Waals surface area (Å²) in [4.78, 5) is 16.4. The van der Waals surface area contributed by atoms with Gasteiger partial charge in [0.25, 0.3) is 0 Å². The zero-order valence-electron chi connectivity index (χ0n) is 12.6. The molecule has 1 amide bonds. The van der Waals surface area contributed by atoms with Crippen LogP contribution in [-0.2, 0) is 11.2 Å². The van der Waals surface area contributed by atoms with Gasteiger partial charge in [0, 0.05) is 17.4 Å². The van der Waals surface area contributed by atoms with Gasteiger partial charge in [-0.15, -0.1) is 11.3 Å². The molecule has 0 atom stereocenters. The number of nitrogens with zero attached hydrogens (tertiary/aromatic N) is 1. The number of amides is 1. The maximum atomic E-state index is 12.0. The number of nitrogens with one attached hydrogen (secondary N) is 1. The maximum Gasteiger partial charge on any atom is 0.226 e. The molecule has 23 heavy (non-hydrogen) atoms. The van der Waals surface area contributed by atoms with E-state index in [9.17, 15) is 4.79 Å². The standard InChI is InChI=1S/C17H16N2O2S2/c1-21-14-5-3-13(4-6-14)15-11-23-17(18-15)19-16(20)7-2-12-8-9-22-10-12/h3-6,8-11H,2,7H2,1H3,(H,18,19,20). The Morgan fingerprint density at radius 2 is 2.04 bits per heavy atom. The highest BCUT2D eigenvalue weighted by Crippen LogP contribution is 2.26. The van der Waals surface area contributed by atoms with E-state index in [1.54, 1.807) is 18.4 Å². The van der Waals surface area contributed by atoms with Crippen molar-refractivity contribution >= 4 is 33.7 Å². The van der Waals surface area contributed by atoms with Gasteiger partial charge in [0.15, 0.2) is 5.13 Å². The number of thiophene rings is 1. The SMILES string of the molecule is COc1ccc(-c2csc(NC(=O)CCc3ccsc3)n2)cc1. The normalized spacial score (nSPS) is 10.5. The third-order valence-corrected chi connectivity index (χ3v) is 4.85. The van der Waals surface area contributed by atoms with Crippen molar-refractivity contribution in [3.63, 3.8) is 0 Å². The van der Waals surface area contributed by atoms with Crippen LogP contribution in [0.2, 0.25) is 0 Å². The summed E-state index contributed by atoms with van der Waals surface area (Å²) < 4.78 is 5.15. The topological polar surface area (TPSA) is 51.2 Å². The van der Waals surface area contributed by atoms with Crippen molar-refractivity contribution < 1.29 is 9.53 Å². The smallest absolute Gasteiger partial charge is 0.226 e. The van der Waals surface area contributed by atoms with Gasteiger partial charge in [-0.3, -0.25) is 4.79 Å². The lowest BCUT2D eigenvalue weighted by molar-refractivity contribution is -0.116. The van der Waals surface area contributed by atoms with E-state index in [0.29, 0.717) is 11.6 Å². The molecule has 0 unspecified atom stereocenters. The molecule has 118 valence electrons. The van der Waals surface area contributed by atoms with Crippen LogP contribution in [0.3, 0.4) is 0 Å². The number of rotatable bonds is 6. The van der Waals surface area contributed by atoms with Crippen LogP contribution >= 0.6 is 22.7 Å². The summed E-state index contributed by atoms with van der Waals surface area (Å²) in [5.74, 6) is 0.803. The van der Waals surface area contributed by atoms with Gasteiger partial charge in [0.05, 0.1) is 12.8 Å². The number of carbonyl (C=O) groups is 1. The molecule has 0 radical (unpaired) electrons. The van der Waals surface area contributed by atoms with Crippen LogP contribution < -0.4 is 10.1 Å². The van der Waals surface area contributed by atoms with Gasteiger partial charge in [-0.05, 0) is 53.1 Å². The Hall–Kier alpha value is -2.18. The molecule has 0 aliphatic heterocycles. The molecule has 3 rings (SSSR count). The van der Waals surface area contributed by atoms with Gasteiger partial charge >= 0.3 is 0 Å². The second-order valence-electron chi connectivity index (χ2n) is 4.95. The van der Waals surface area contributed by atoms with E-state index in [1.165, 1.54) is 16.9 Å². The molecule has 0 saturated carbocycles.